The van der Waals surface area contributed by atoms with Gasteiger partial charge < -0.3 is 14.4 Å². The molecule has 0 saturated carbocycles. The molecule has 2 atom stereocenters. The molecule has 32 heavy (non-hydrogen) atoms. The first-order valence-corrected chi connectivity index (χ1v) is 11.1. The first kappa shape index (κ1) is 20.7. The van der Waals surface area contributed by atoms with Crippen LogP contribution >= 0.6 is 0 Å². The summed E-state index contributed by atoms with van der Waals surface area (Å²) in [5.74, 6) is 1.28. The van der Waals surface area contributed by atoms with Crippen molar-refractivity contribution >= 4 is 17.1 Å². The summed E-state index contributed by atoms with van der Waals surface area (Å²) in [7, 11) is 0. The van der Waals surface area contributed by atoms with Crippen LogP contribution in [-0.2, 0) is 4.74 Å². The Labute approximate surface area is 186 Å². The summed E-state index contributed by atoms with van der Waals surface area (Å²) >= 11 is 0. The number of ether oxygens (including phenoxy) is 2. The molecule has 0 unspecified atom stereocenters. The van der Waals surface area contributed by atoms with Crippen molar-refractivity contribution in [2.75, 3.05) is 0 Å². The second kappa shape index (κ2) is 7.72. The quantitative estimate of drug-likeness (QED) is 0.599. The van der Waals surface area contributed by atoms with Gasteiger partial charge in [0.25, 0.3) is 0 Å². The van der Waals surface area contributed by atoms with Gasteiger partial charge in [-0.3, -0.25) is 4.98 Å². The molecule has 0 N–H and O–H groups in total. The molecule has 2 aliphatic rings. The molecule has 2 bridgehead atoms. The summed E-state index contributed by atoms with van der Waals surface area (Å²) in [6.07, 6.45) is 8.53. The van der Waals surface area contributed by atoms with Crippen LogP contribution in [0.25, 0.3) is 11.0 Å². The van der Waals surface area contributed by atoms with Crippen molar-refractivity contribution in [2.45, 2.75) is 77.1 Å². The SMILES string of the molecule is Cc1ncccc1Oc1cnnc2c1cnn2C1C[C@@H]2CC[C@@H](C1)N2C(=O)OC(C)(C)C. The molecule has 2 fully saturated rings. The molecule has 0 spiro atoms. The lowest BCUT2D eigenvalue weighted by molar-refractivity contribution is 0.00253. The van der Waals surface area contributed by atoms with Gasteiger partial charge in [-0.05, 0) is 65.5 Å². The zero-order chi connectivity index (χ0) is 22.5. The maximum atomic E-state index is 12.8. The molecular formula is C23H28N6O3. The third-order valence-electron chi connectivity index (χ3n) is 6.20. The summed E-state index contributed by atoms with van der Waals surface area (Å²) in [5.41, 5.74) is 1.000. The van der Waals surface area contributed by atoms with Crippen LogP contribution in [0.15, 0.2) is 30.7 Å². The average Bonchev–Trinajstić information content (AvgIpc) is 3.28. The highest BCUT2D eigenvalue weighted by Gasteiger charge is 2.45. The van der Waals surface area contributed by atoms with Gasteiger partial charge in [0.2, 0.25) is 0 Å². The number of hydrogen-bond acceptors (Lipinski definition) is 7. The second-order valence-electron chi connectivity index (χ2n) is 9.62. The molecule has 0 aliphatic carbocycles. The molecule has 3 aromatic heterocycles. The third-order valence-corrected chi connectivity index (χ3v) is 6.20. The van der Waals surface area contributed by atoms with Crippen LogP contribution in [0, 0.1) is 6.92 Å². The van der Waals surface area contributed by atoms with Gasteiger partial charge in [0.1, 0.15) is 11.4 Å². The van der Waals surface area contributed by atoms with Crippen LogP contribution in [0.2, 0.25) is 0 Å². The van der Waals surface area contributed by atoms with E-state index in [1.807, 2.05) is 49.4 Å². The van der Waals surface area contributed by atoms with Crippen LogP contribution in [0.3, 0.4) is 0 Å². The van der Waals surface area contributed by atoms with E-state index in [0.717, 1.165) is 36.8 Å². The molecule has 2 saturated heterocycles. The topological polar surface area (TPSA) is 95.3 Å². The fourth-order valence-electron chi connectivity index (χ4n) is 4.84. The Morgan fingerprint density at radius 1 is 1.09 bits per heavy atom. The summed E-state index contributed by atoms with van der Waals surface area (Å²) in [6, 6.07) is 4.17. The molecule has 0 aromatic carbocycles. The van der Waals surface area contributed by atoms with Gasteiger partial charge in [-0.1, -0.05) is 0 Å². The maximum Gasteiger partial charge on any atom is 0.410 e. The van der Waals surface area contributed by atoms with Crippen molar-refractivity contribution in [2.24, 2.45) is 0 Å². The lowest BCUT2D eigenvalue weighted by Crippen LogP contribution is -2.48. The molecule has 3 aromatic rings. The third kappa shape index (κ3) is 3.76. The van der Waals surface area contributed by atoms with Crippen molar-refractivity contribution in [3.05, 3.63) is 36.4 Å². The number of aryl methyl sites for hydroxylation is 1. The number of rotatable bonds is 3. The smallest absolute Gasteiger partial charge is 0.410 e. The summed E-state index contributed by atoms with van der Waals surface area (Å²) in [5, 5.41) is 14.0. The molecule has 9 nitrogen and oxygen atoms in total. The summed E-state index contributed by atoms with van der Waals surface area (Å²) < 4.78 is 13.7. The van der Waals surface area contributed by atoms with Crippen molar-refractivity contribution in [1.82, 2.24) is 29.9 Å². The standard InChI is InChI=1S/C23H28N6O3/c1-14-19(6-5-9-24-14)31-20-13-25-27-21-18(20)12-26-29(21)17-10-15-7-8-16(11-17)28(15)22(30)32-23(2,3)4/h5-6,9,12-13,15-17H,7-8,10-11H2,1-4H3/t15-,16-/m0/s1. The van der Waals surface area contributed by atoms with Gasteiger partial charge in [-0.2, -0.15) is 10.2 Å². The monoisotopic (exact) mass is 436 g/mol. The molecule has 168 valence electrons. The van der Waals surface area contributed by atoms with E-state index < -0.39 is 5.60 Å². The Balaban J connectivity index is 1.39. The minimum absolute atomic E-state index is 0.147. The van der Waals surface area contributed by atoms with Crippen LogP contribution < -0.4 is 4.74 Å². The molecule has 2 aliphatic heterocycles. The van der Waals surface area contributed by atoms with Gasteiger partial charge in [-0.25, -0.2) is 9.48 Å². The number of nitrogens with zero attached hydrogens (tertiary/aromatic N) is 6. The predicted octanol–water partition coefficient (Wildman–Crippen LogP) is 4.43. The lowest BCUT2D eigenvalue weighted by atomic mass is 9.98. The zero-order valence-corrected chi connectivity index (χ0v) is 18.9. The van der Waals surface area contributed by atoms with Gasteiger partial charge in [0.05, 0.1) is 29.5 Å². The zero-order valence-electron chi connectivity index (χ0n) is 18.9. The highest BCUT2D eigenvalue weighted by Crippen LogP contribution is 2.42. The normalized spacial score (nSPS) is 22.9. The number of piperidine rings is 1. The molecule has 1 amide bonds. The fraction of sp³-hybridized carbons (Fsp3) is 0.522. The van der Waals surface area contributed by atoms with E-state index in [0.29, 0.717) is 17.1 Å². The Hall–Kier alpha value is -3.23. The number of carbonyl (C=O) groups excluding carboxylic acids is 1. The van der Waals surface area contributed by atoms with Crippen LogP contribution in [-0.4, -0.2) is 53.6 Å². The van der Waals surface area contributed by atoms with Crippen molar-refractivity contribution in [3.63, 3.8) is 0 Å². The number of aromatic nitrogens is 5. The van der Waals surface area contributed by atoms with Gasteiger partial charge in [0.15, 0.2) is 11.4 Å². The molecular weight excluding hydrogens is 408 g/mol. The van der Waals surface area contributed by atoms with E-state index in [4.69, 9.17) is 9.47 Å². The predicted molar refractivity (Wildman–Crippen MR) is 118 cm³/mol. The van der Waals surface area contributed by atoms with E-state index in [-0.39, 0.29) is 24.2 Å². The van der Waals surface area contributed by atoms with Crippen LogP contribution in [0.4, 0.5) is 4.79 Å². The Morgan fingerprint density at radius 3 is 2.53 bits per heavy atom. The number of hydrogen-bond donors (Lipinski definition) is 0. The van der Waals surface area contributed by atoms with E-state index in [9.17, 15) is 4.79 Å². The van der Waals surface area contributed by atoms with Crippen molar-refractivity contribution in [1.29, 1.82) is 0 Å². The fourth-order valence-corrected chi connectivity index (χ4v) is 4.84. The number of fused-ring (bicyclic) bond motifs is 3. The molecule has 0 radical (unpaired) electrons. The number of pyridine rings is 1. The van der Waals surface area contributed by atoms with E-state index in [2.05, 4.69) is 20.3 Å². The maximum absolute atomic E-state index is 12.8. The largest absolute Gasteiger partial charge is 0.453 e. The van der Waals surface area contributed by atoms with E-state index in [1.54, 1.807) is 18.6 Å². The molecule has 5 rings (SSSR count). The molecule has 5 heterocycles. The minimum Gasteiger partial charge on any atom is -0.453 e. The summed E-state index contributed by atoms with van der Waals surface area (Å²) in [6.45, 7) is 7.61. The van der Waals surface area contributed by atoms with Crippen LogP contribution in [0.1, 0.15) is 58.2 Å². The van der Waals surface area contributed by atoms with Gasteiger partial charge >= 0.3 is 6.09 Å². The average molecular weight is 437 g/mol. The minimum atomic E-state index is -0.496. The van der Waals surface area contributed by atoms with Gasteiger partial charge in [-0.15, -0.1) is 5.10 Å². The second-order valence-corrected chi connectivity index (χ2v) is 9.62. The number of carbonyl (C=O) groups is 1. The van der Waals surface area contributed by atoms with Crippen LogP contribution in [0.5, 0.6) is 11.5 Å². The van der Waals surface area contributed by atoms with E-state index >= 15 is 0 Å². The molecule has 9 heteroatoms. The Kier molecular flexibility index (Phi) is 4.98. The highest BCUT2D eigenvalue weighted by atomic mass is 16.6. The first-order chi connectivity index (χ1) is 15.3. The highest BCUT2D eigenvalue weighted by molar-refractivity contribution is 5.81. The number of amides is 1. The van der Waals surface area contributed by atoms with Crippen molar-refractivity contribution in [3.8, 4) is 11.5 Å². The first-order valence-electron chi connectivity index (χ1n) is 11.1. The Morgan fingerprint density at radius 2 is 1.84 bits per heavy atom. The lowest BCUT2D eigenvalue weighted by Gasteiger charge is -2.39. The van der Waals surface area contributed by atoms with Crippen molar-refractivity contribution < 1.29 is 14.3 Å². The Bertz CT molecular complexity index is 1140. The van der Waals surface area contributed by atoms with E-state index in [1.165, 1.54) is 0 Å². The summed E-state index contributed by atoms with van der Waals surface area (Å²) in [4.78, 5) is 19.0. The van der Waals surface area contributed by atoms with Gasteiger partial charge in [0, 0.05) is 18.3 Å².